The van der Waals surface area contributed by atoms with Crippen LogP contribution in [-0.2, 0) is 11.8 Å². The van der Waals surface area contributed by atoms with Crippen molar-refractivity contribution in [3.8, 4) is 11.4 Å². The molecule has 0 fully saturated rings. The molecule has 3 aromatic carbocycles. The number of para-hydroxylation sites is 3. The van der Waals surface area contributed by atoms with Gasteiger partial charge in [-0.05, 0) is 43.3 Å². The molecule has 1 heterocycles. The zero-order valence-corrected chi connectivity index (χ0v) is 19.1. The average Bonchev–Trinajstić information content (AvgIpc) is 3.07. The van der Waals surface area contributed by atoms with E-state index in [1.165, 1.54) is 35.0 Å². The molecule has 0 aliphatic heterocycles. The highest BCUT2D eigenvalue weighted by molar-refractivity contribution is 6.06. The first kappa shape index (κ1) is 23.5. The van der Waals surface area contributed by atoms with Gasteiger partial charge in [-0.3, -0.25) is 19.1 Å². The first-order valence-corrected chi connectivity index (χ1v) is 10.8. The maximum absolute atomic E-state index is 13.8. The van der Waals surface area contributed by atoms with Gasteiger partial charge in [0.25, 0.3) is 17.4 Å². The molecule has 1 aromatic heterocycles. The van der Waals surface area contributed by atoms with Crippen LogP contribution < -0.4 is 20.9 Å². The topological polar surface area (TPSA) is 94.4 Å². The number of nitrogens with one attached hydrogen (secondary N) is 2. The Kier molecular flexibility index (Phi) is 6.77. The molecule has 0 spiro atoms. The summed E-state index contributed by atoms with van der Waals surface area (Å²) in [4.78, 5) is 38.4. The average molecular weight is 474 g/mol. The van der Waals surface area contributed by atoms with E-state index in [2.05, 4.69) is 10.6 Å². The maximum Gasteiger partial charge on any atom is 0.295 e. The number of ether oxygens (including phenoxy) is 1. The van der Waals surface area contributed by atoms with Crippen LogP contribution in [0.15, 0.2) is 83.7 Å². The lowest BCUT2D eigenvalue weighted by molar-refractivity contribution is -0.118. The number of amides is 2. The number of aromatic nitrogens is 2. The fraction of sp³-hybridized carbons (Fsp3) is 0.115. The molecule has 2 N–H and O–H groups in total. The molecule has 2 amide bonds. The maximum atomic E-state index is 13.8. The van der Waals surface area contributed by atoms with Gasteiger partial charge in [0.05, 0.1) is 22.6 Å². The van der Waals surface area contributed by atoms with Gasteiger partial charge in [0.2, 0.25) is 0 Å². The van der Waals surface area contributed by atoms with Gasteiger partial charge in [-0.15, -0.1) is 0 Å². The second-order valence-corrected chi connectivity index (χ2v) is 7.70. The monoisotopic (exact) mass is 474 g/mol. The molecular formula is C26H23FN4O4. The smallest absolute Gasteiger partial charge is 0.295 e. The Morgan fingerprint density at radius 2 is 1.57 bits per heavy atom. The standard InChI is InChI=1S/C26H23FN4O4/c1-17-24(26(34)31(30(17)2)18-10-4-3-5-11-18)29-25(33)19-12-6-9-15-22(19)35-16-23(32)28-21-14-8-7-13-20(21)27/h3-15H,16H2,1-2H3,(H,28,32)(H,29,33). The Bertz CT molecular complexity index is 1440. The summed E-state index contributed by atoms with van der Waals surface area (Å²) in [5, 5.41) is 5.10. The minimum Gasteiger partial charge on any atom is -0.483 e. The van der Waals surface area contributed by atoms with E-state index in [4.69, 9.17) is 4.74 Å². The van der Waals surface area contributed by atoms with Gasteiger partial charge in [0, 0.05) is 7.05 Å². The van der Waals surface area contributed by atoms with Crippen molar-refractivity contribution in [2.75, 3.05) is 17.2 Å². The summed E-state index contributed by atoms with van der Waals surface area (Å²) in [5.74, 6) is -1.58. The first-order chi connectivity index (χ1) is 16.9. The largest absolute Gasteiger partial charge is 0.483 e. The lowest BCUT2D eigenvalue weighted by Gasteiger charge is -2.12. The number of halogens is 1. The highest BCUT2D eigenvalue weighted by atomic mass is 19.1. The zero-order valence-electron chi connectivity index (χ0n) is 19.1. The molecule has 0 saturated heterocycles. The number of rotatable bonds is 7. The van der Waals surface area contributed by atoms with Crippen LogP contribution in [0.2, 0.25) is 0 Å². The van der Waals surface area contributed by atoms with Crippen molar-refractivity contribution in [1.29, 1.82) is 0 Å². The van der Waals surface area contributed by atoms with Gasteiger partial charge >= 0.3 is 0 Å². The van der Waals surface area contributed by atoms with E-state index in [0.717, 1.165) is 0 Å². The summed E-state index contributed by atoms with van der Waals surface area (Å²) >= 11 is 0. The minimum atomic E-state index is -0.588. The van der Waals surface area contributed by atoms with Gasteiger partial charge in [-0.1, -0.05) is 42.5 Å². The number of hydrogen-bond donors (Lipinski definition) is 2. The molecular weight excluding hydrogens is 451 g/mol. The molecule has 0 atom stereocenters. The predicted molar refractivity (Wildman–Crippen MR) is 131 cm³/mol. The number of hydrogen-bond acceptors (Lipinski definition) is 4. The van der Waals surface area contributed by atoms with Crippen LogP contribution in [0.25, 0.3) is 5.69 Å². The fourth-order valence-electron chi connectivity index (χ4n) is 3.57. The Morgan fingerprint density at radius 1 is 0.914 bits per heavy atom. The van der Waals surface area contributed by atoms with Crippen LogP contribution >= 0.6 is 0 Å². The highest BCUT2D eigenvalue weighted by Crippen LogP contribution is 2.21. The van der Waals surface area contributed by atoms with Crippen molar-refractivity contribution in [3.05, 3.63) is 106 Å². The SMILES string of the molecule is Cc1c(NC(=O)c2ccccc2OCC(=O)Nc2ccccc2F)c(=O)n(-c2ccccc2)n1C. The summed E-state index contributed by atoms with van der Waals surface area (Å²) in [6.07, 6.45) is 0. The van der Waals surface area contributed by atoms with Gasteiger partial charge in [-0.2, -0.15) is 0 Å². The van der Waals surface area contributed by atoms with E-state index in [9.17, 15) is 18.8 Å². The summed E-state index contributed by atoms with van der Waals surface area (Å²) in [6.45, 7) is 1.29. The van der Waals surface area contributed by atoms with Crippen molar-refractivity contribution >= 4 is 23.2 Å². The molecule has 35 heavy (non-hydrogen) atoms. The van der Waals surface area contributed by atoms with E-state index in [-0.39, 0.29) is 28.2 Å². The zero-order chi connectivity index (χ0) is 24.9. The highest BCUT2D eigenvalue weighted by Gasteiger charge is 2.21. The molecule has 0 bridgehead atoms. The molecule has 8 nitrogen and oxygen atoms in total. The summed E-state index contributed by atoms with van der Waals surface area (Å²) in [7, 11) is 1.73. The van der Waals surface area contributed by atoms with Crippen molar-refractivity contribution in [2.45, 2.75) is 6.92 Å². The quantitative estimate of drug-likeness (QED) is 0.425. The lowest BCUT2D eigenvalue weighted by atomic mass is 10.2. The third-order valence-electron chi connectivity index (χ3n) is 5.43. The normalized spacial score (nSPS) is 10.6. The molecule has 4 rings (SSSR count). The van der Waals surface area contributed by atoms with E-state index in [1.54, 1.807) is 49.0 Å². The lowest BCUT2D eigenvalue weighted by Crippen LogP contribution is -2.24. The first-order valence-electron chi connectivity index (χ1n) is 10.8. The Labute approximate surface area is 200 Å². The molecule has 9 heteroatoms. The molecule has 0 radical (unpaired) electrons. The van der Waals surface area contributed by atoms with Crippen LogP contribution in [0.5, 0.6) is 5.75 Å². The minimum absolute atomic E-state index is 0.0291. The van der Waals surface area contributed by atoms with Gasteiger partial charge in [-0.25, -0.2) is 9.07 Å². The van der Waals surface area contributed by atoms with Gasteiger partial charge in [0.1, 0.15) is 17.3 Å². The van der Waals surface area contributed by atoms with Crippen LogP contribution in [-0.4, -0.2) is 27.8 Å². The van der Waals surface area contributed by atoms with E-state index < -0.39 is 24.2 Å². The van der Waals surface area contributed by atoms with Gasteiger partial charge in [0.15, 0.2) is 6.61 Å². The van der Waals surface area contributed by atoms with Crippen molar-refractivity contribution < 1.29 is 18.7 Å². The third-order valence-corrected chi connectivity index (χ3v) is 5.43. The van der Waals surface area contributed by atoms with Crippen molar-refractivity contribution in [2.24, 2.45) is 7.05 Å². The van der Waals surface area contributed by atoms with Gasteiger partial charge < -0.3 is 15.4 Å². The summed E-state index contributed by atoms with van der Waals surface area (Å²) < 4.78 is 22.4. The van der Waals surface area contributed by atoms with Crippen molar-refractivity contribution in [3.63, 3.8) is 0 Å². The molecule has 0 aliphatic rings. The second-order valence-electron chi connectivity index (χ2n) is 7.70. The molecule has 0 aliphatic carbocycles. The van der Waals surface area contributed by atoms with Crippen LogP contribution in [0.1, 0.15) is 16.1 Å². The number of anilines is 2. The predicted octanol–water partition coefficient (Wildman–Crippen LogP) is 3.89. The third kappa shape index (κ3) is 4.98. The van der Waals surface area contributed by atoms with Crippen molar-refractivity contribution in [1.82, 2.24) is 9.36 Å². The Balaban J connectivity index is 1.51. The summed E-state index contributed by atoms with van der Waals surface area (Å²) in [5.41, 5.74) is 1.14. The molecule has 0 unspecified atom stereocenters. The fourth-order valence-corrected chi connectivity index (χ4v) is 3.57. The van der Waals surface area contributed by atoms with Crippen LogP contribution in [0.4, 0.5) is 15.8 Å². The van der Waals surface area contributed by atoms with E-state index in [0.29, 0.717) is 11.4 Å². The summed E-state index contributed by atoms with van der Waals surface area (Å²) in [6, 6.07) is 21.2. The molecule has 0 saturated carbocycles. The number of nitrogens with zero attached hydrogens (tertiary/aromatic N) is 2. The Hall–Kier alpha value is -4.66. The molecule has 4 aromatic rings. The molecule has 178 valence electrons. The number of carbonyl (C=O) groups is 2. The van der Waals surface area contributed by atoms with E-state index >= 15 is 0 Å². The van der Waals surface area contributed by atoms with Crippen LogP contribution in [0.3, 0.4) is 0 Å². The number of benzene rings is 3. The number of carbonyl (C=O) groups excluding carboxylic acids is 2. The Morgan fingerprint density at radius 3 is 2.31 bits per heavy atom. The van der Waals surface area contributed by atoms with E-state index in [1.807, 2.05) is 18.2 Å². The van der Waals surface area contributed by atoms with Crippen LogP contribution in [0, 0.1) is 12.7 Å². The second kappa shape index (κ2) is 10.1.